The average Bonchev–Trinajstić information content (AvgIpc) is 2.59. The van der Waals surface area contributed by atoms with Gasteiger partial charge in [0, 0.05) is 6.20 Å². The number of rotatable bonds is 2. The van der Waals surface area contributed by atoms with Crippen LogP contribution in [0.2, 0.25) is 10.0 Å². The molecule has 0 unspecified atom stereocenters. The van der Waals surface area contributed by atoms with Gasteiger partial charge in [-0.05, 0) is 13.0 Å². The Bertz CT molecular complexity index is 576. The largest absolute Gasteiger partial charge is 0.478 e. The molecule has 0 aliphatic heterocycles. The topological polar surface area (TPSA) is 68.0 Å². The molecule has 0 aliphatic carbocycles. The Hall–Kier alpha value is -1.59. The molecule has 0 spiro atoms. The van der Waals surface area contributed by atoms with Gasteiger partial charge in [0.1, 0.15) is 0 Å². The van der Waals surface area contributed by atoms with Crippen LogP contribution in [0.15, 0.2) is 18.5 Å². The summed E-state index contributed by atoms with van der Waals surface area (Å²) in [5.74, 6) is -0.768. The molecule has 0 bridgehead atoms. The smallest absolute Gasteiger partial charge is 0.337 e. The van der Waals surface area contributed by atoms with E-state index in [1.165, 1.54) is 16.9 Å². The maximum Gasteiger partial charge on any atom is 0.337 e. The summed E-state index contributed by atoms with van der Waals surface area (Å²) >= 11 is 11.6. The molecule has 0 aliphatic rings. The van der Waals surface area contributed by atoms with Crippen LogP contribution in [0.25, 0.3) is 5.82 Å². The molecule has 2 aromatic heterocycles. The lowest BCUT2D eigenvalue weighted by Crippen LogP contribution is -2.04. The Labute approximate surface area is 107 Å². The van der Waals surface area contributed by atoms with Gasteiger partial charge in [0.25, 0.3) is 0 Å². The lowest BCUT2D eigenvalue weighted by molar-refractivity contribution is 0.0697. The van der Waals surface area contributed by atoms with E-state index < -0.39 is 5.97 Å². The van der Waals surface area contributed by atoms with Crippen molar-refractivity contribution in [2.24, 2.45) is 0 Å². The molecular weight excluding hydrogens is 265 g/mol. The fourth-order valence-corrected chi connectivity index (χ4v) is 1.59. The normalized spacial score (nSPS) is 10.5. The lowest BCUT2D eigenvalue weighted by Gasteiger charge is -2.03. The van der Waals surface area contributed by atoms with E-state index in [-0.39, 0.29) is 10.6 Å². The summed E-state index contributed by atoms with van der Waals surface area (Å²) < 4.78 is 1.40. The molecular formula is C10H7Cl2N3O2. The highest BCUT2D eigenvalue weighted by molar-refractivity contribution is 6.33. The summed E-state index contributed by atoms with van der Waals surface area (Å²) in [5, 5.41) is 13.6. The van der Waals surface area contributed by atoms with E-state index in [0.29, 0.717) is 16.5 Å². The van der Waals surface area contributed by atoms with Gasteiger partial charge < -0.3 is 5.11 Å². The minimum atomic E-state index is -1.12. The van der Waals surface area contributed by atoms with E-state index in [0.717, 1.165) is 0 Å². The van der Waals surface area contributed by atoms with Crippen LogP contribution in [0.5, 0.6) is 0 Å². The van der Waals surface area contributed by atoms with Crippen molar-refractivity contribution in [1.82, 2.24) is 14.8 Å². The predicted octanol–water partition coefficient (Wildman–Crippen LogP) is 2.58. The van der Waals surface area contributed by atoms with Gasteiger partial charge in [-0.3, -0.25) is 0 Å². The summed E-state index contributed by atoms with van der Waals surface area (Å²) in [6.07, 6.45) is 2.82. The number of aromatic nitrogens is 3. The highest BCUT2D eigenvalue weighted by Crippen LogP contribution is 2.19. The van der Waals surface area contributed by atoms with Crippen molar-refractivity contribution in [3.05, 3.63) is 39.8 Å². The number of hydrogen-bond acceptors (Lipinski definition) is 3. The van der Waals surface area contributed by atoms with E-state index in [1.807, 2.05) is 0 Å². The van der Waals surface area contributed by atoms with Crippen molar-refractivity contribution < 1.29 is 9.90 Å². The number of carboxylic acids is 1. The molecule has 0 aromatic carbocycles. The van der Waals surface area contributed by atoms with Crippen molar-refractivity contribution in [3.8, 4) is 5.82 Å². The van der Waals surface area contributed by atoms with Crippen molar-refractivity contribution in [2.75, 3.05) is 0 Å². The maximum atomic E-state index is 10.9. The summed E-state index contributed by atoms with van der Waals surface area (Å²) in [7, 11) is 0. The minimum Gasteiger partial charge on any atom is -0.478 e. The number of pyridine rings is 1. The van der Waals surface area contributed by atoms with Crippen LogP contribution in [-0.2, 0) is 0 Å². The Kier molecular flexibility index (Phi) is 3.04. The Morgan fingerprint density at radius 1 is 1.41 bits per heavy atom. The number of carbonyl (C=O) groups is 1. The molecule has 17 heavy (non-hydrogen) atoms. The van der Waals surface area contributed by atoms with Crippen LogP contribution in [0.4, 0.5) is 0 Å². The zero-order chi connectivity index (χ0) is 12.6. The molecule has 88 valence electrons. The fraction of sp³-hybridized carbons (Fsp3) is 0.100. The fourth-order valence-electron chi connectivity index (χ4n) is 1.27. The predicted molar refractivity (Wildman–Crippen MR) is 63.1 cm³/mol. The number of aromatic carboxylic acids is 1. The van der Waals surface area contributed by atoms with E-state index in [2.05, 4.69) is 10.1 Å². The van der Waals surface area contributed by atoms with Gasteiger partial charge in [0.2, 0.25) is 0 Å². The van der Waals surface area contributed by atoms with Crippen LogP contribution in [-0.4, -0.2) is 25.8 Å². The molecule has 0 radical (unpaired) electrons. The first-order valence-corrected chi connectivity index (χ1v) is 5.35. The number of hydrogen-bond donors (Lipinski definition) is 1. The Morgan fingerprint density at radius 3 is 2.65 bits per heavy atom. The van der Waals surface area contributed by atoms with Crippen LogP contribution in [0, 0.1) is 6.92 Å². The van der Waals surface area contributed by atoms with Crippen molar-refractivity contribution in [3.63, 3.8) is 0 Å². The molecule has 5 nitrogen and oxygen atoms in total. The van der Waals surface area contributed by atoms with Gasteiger partial charge in [-0.15, -0.1) is 0 Å². The molecule has 1 N–H and O–H groups in total. The van der Waals surface area contributed by atoms with Crippen molar-refractivity contribution >= 4 is 29.2 Å². The molecule has 2 aromatic rings. The second-order valence-corrected chi connectivity index (χ2v) is 4.15. The molecule has 2 rings (SSSR count). The van der Waals surface area contributed by atoms with Gasteiger partial charge in [-0.2, -0.15) is 5.10 Å². The molecule has 0 fully saturated rings. The van der Waals surface area contributed by atoms with Gasteiger partial charge in [0.05, 0.1) is 27.5 Å². The molecule has 0 saturated heterocycles. The first-order chi connectivity index (χ1) is 7.99. The summed E-state index contributed by atoms with van der Waals surface area (Å²) in [6.45, 7) is 1.74. The maximum absolute atomic E-state index is 10.9. The van der Waals surface area contributed by atoms with Gasteiger partial charge >= 0.3 is 5.97 Å². The second-order valence-electron chi connectivity index (χ2n) is 3.33. The summed E-state index contributed by atoms with van der Waals surface area (Å²) in [5.41, 5.74) is 0.612. The molecule has 0 atom stereocenters. The third-order valence-electron chi connectivity index (χ3n) is 2.15. The van der Waals surface area contributed by atoms with Crippen LogP contribution in [0.3, 0.4) is 0 Å². The highest BCUT2D eigenvalue weighted by atomic mass is 35.5. The standard InChI is InChI=1S/C10H7Cl2N3O2/c1-5-8(12)4-15(14-5)9-2-6(10(16)17)7(11)3-13-9/h2-4H,1H3,(H,16,17). The zero-order valence-corrected chi connectivity index (χ0v) is 10.2. The first kappa shape index (κ1) is 11.9. The minimum absolute atomic E-state index is 0.0269. The van der Waals surface area contributed by atoms with Crippen molar-refractivity contribution in [1.29, 1.82) is 0 Å². The van der Waals surface area contributed by atoms with Crippen molar-refractivity contribution in [2.45, 2.75) is 6.92 Å². The van der Waals surface area contributed by atoms with Gasteiger partial charge in [0.15, 0.2) is 5.82 Å². The van der Waals surface area contributed by atoms with E-state index in [1.54, 1.807) is 13.1 Å². The third kappa shape index (κ3) is 2.25. The second kappa shape index (κ2) is 4.35. The zero-order valence-electron chi connectivity index (χ0n) is 8.69. The summed E-state index contributed by atoms with van der Waals surface area (Å²) in [4.78, 5) is 14.9. The summed E-state index contributed by atoms with van der Waals surface area (Å²) in [6, 6.07) is 1.34. The molecule has 7 heteroatoms. The number of carboxylic acid groups (broad SMARTS) is 1. The number of halogens is 2. The SMILES string of the molecule is Cc1nn(-c2cc(C(=O)O)c(Cl)cn2)cc1Cl. The average molecular weight is 272 g/mol. The molecule has 0 amide bonds. The van der Waals surface area contributed by atoms with E-state index in [4.69, 9.17) is 28.3 Å². The molecule has 0 saturated carbocycles. The third-order valence-corrected chi connectivity index (χ3v) is 2.82. The lowest BCUT2D eigenvalue weighted by atomic mass is 10.2. The van der Waals surface area contributed by atoms with Crippen LogP contribution < -0.4 is 0 Å². The quantitative estimate of drug-likeness (QED) is 0.912. The van der Waals surface area contributed by atoms with E-state index in [9.17, 15) is 4.79 Å². The van der Waals surface area contributed by atoms with Gasteiger partial charge in [-0.1, -0.05) is 23.2 Å². The van der Waals surface area contributed by atoms with Gasteiger partial charge in [-0.25, -0.2) is 14.5 Å². The molecule has 2 heterocycles. The monoisotopic (exact) mass is 271 g/mol. The number of nitrogens with zero attached hydrogens (tertiary/aromatic N) is 3. The highest BCUT2D eigenvalue weighted by Gasteiger charge is 2.12. The number of aryl methyl sites for hydroxylation is 1. The Balaban J connectivity index is 2.53. The van der Waals surface area contributed by atoms with E-state index >= 15 is 0 Å². The van der Waals surface area contributed by atoms with Crippen LogP contribution >= 0.6 is 23.2 Å². The first-order valence-electron chi connectivity index (χ1n) is 4.60. The van der Waals surface area contributed by atoms with Crippen LogP contribution in [0.1, 0.15) is 16.1 Å². The Morgan fingerprint density at radius 2 is 2.12 bits per heavy atom.